The van der Waals surface area contributed by atoms with Crippen LogP contribution in [0.3, 0.4) is 0 Å². The number of nitrogens with zero attached hydrogens (tertiary/aromatic N) is 3. The number of hydrogen-bond acceptors (Lipinski definition) is 5. The zero-order valence-corrected chi connectivity index (χ0v) is 14.2. The van der Waals surface area contributed by atoms with Crippen molar-refractivity contribution in [2.45, 2.75) is 32.7 Å². The average Bonchev–Trinajstić information content (AvgIpc) is 2.95. The number of hydrogen-bond donors (Lipinski definition) is 1. The van der Waals surface area contributed by atoms with Gasteiger partial charge in [-0.15, -0.1) is 11.3 Å². The van der Waals surface area contributed by atoms with Gasteiger partial charge in [0, 0.05) is 43.5 Å². The third-order valence-corrected chi connectivity index (χ3v) is 4.96. The second kappa shape index (κ2) is 7.66. The quantitative estimate of drug-likeness (QED) is 0.916. The molecule has 122 valence electrons. The van der Waals surface area contributed by atoms with Crippen LogP contribution in [0.2, 0.25) is 0 Å². The Labute approximate surface area is 140 Å². The number of anilines is 1. The van der Waals surface area contributed by atoms with Crippen molar-refractivity contribution >= 4 is 22.4 Å². The number of amides is 1. The minimum absolute atomic E-state index is 0.0691. The minimum atomic E-state index is -0.0691. The predicted octanol–water partition coefficient (Wildman–Crippen LogP) is 2.95. The van der Waals surface area contributed by atoms with Gasteiger partial charge < -0.3 is 5.32 Å². The first-order chi connectivity index (χ1) is 11.2. The molecule has 1 saturated heterocycles. The number of nitrogens with one attached hydrogen (secondary N) is 1. The van der Waals surface area contributed by atoms with Gasteiger partial charge in [0.25, 0.3) is 0 Å². The highest BCUT2D eigenvalue weighted by molar-refractivity contribution is 7.15. The second-order valence-electron chi connectivity index (χ2n) is 6.12. The summed E-state index contributed by atoms with van der Waals surface area (Å²) >= 11 is 1.57. The van der Waals surface area contributed by atoms with E-state index in [-0.39, 0.29) is 5.91 Å². The summed E-state index contributed by atoms with van der Waals surface area (Å²) in [4.78, 5) is 23.2. The fourth-order valence-corrected chi connectivity index (χ4v) is 4.02. The summed E-state index contributed by atoms with van der Waals surface area (Å²) in [5, 5.41) is 3.44. The molecule has 0 spiro atoms. The molecule has 6 heteroatoms. The van der Waals surface area contributed by atoms with E-state index in [4.69, 9.17) is 0 Å². The lowest BCUT2D eigenvalue weighted by Crippen LogP contribution is -2.35. The molecule has 1 N–H and O–H groups in total. The third kappa shape index (κ3) is 4.84. The molecule has 2 aromatic heterocycles. The maximum Gasteiger partial charge on any atom is 0.223 e. The zero-order valence-electron chi connectivity index (χ0n) is 13.4. The summed E-state index contributed by atoms with van der Waals surface area (Å²) in [6.07, 6.45) is 9.30. The molecule has 0 bridgehead atoms. The van der Waals surface area contributed by atoms with Gasteiger partial charge in [-0.25, -0.2) is 4.98 Å². The molecule has 5 nitrogen and oxygen atoms in total. The van der Waals surface area contributed by atoms with Crippen LogP contribution in [-0.4, -0.2) is 33.9 Å². The Morgan fingerprint density at radius 1 is 1.48 bits per heavy atom. The normalized spacial score (nSPS) is 18.7. The summed E-state index contributed by atoms with van der Waals surface area (Å²) in [6, 6.07) is 4.17. The maximum absolute atomic E-state index is 11.1. The summed E-state index contributed by atoms with van der Waals surface area (Å²) in [7, 11) is 0. The molecule has 23 heavy (non-hydrogen) atoms. The lowest BCUT2D eigenvalue weighted by Gasteiger charge is -2.32. The first-order valence-electron chi connectivity index (χ1n) is 8.02. The van der Waals surface area contributed by atoms with E-state index in [0.717, 1.165) is 26.1 Å². The second-order valence-corrected chi connectivity index (χ2v) is 7.24. The highest BCUT2D eigenvalue weighted by atomic mass is 32.1. The zero-order chi connectivity index (χ0) is 16.1. The third-order valence-electron chi connectivity index (χ3n) is 4.07. The van der Waals surface area contributed by atoms with Crippen LogP contribution in [0.4, 0.5) is 5.13 Å². The van der Waals surface area contributed by atoms with Crippen molar-refractivity contribution < 1.29 is 4.79 Å². The number of piperidine rings is 1. The SMILES string of the molecule is CC(=O)Nc1ncc(CN2CCC[C@@H](Cc3cccnc3)C2)s1. The first-order valence-corrected chi connectivity index (χ1v) is 8.84. The van der Waals surface area contributed by atoms with Crippen LogP contribution in [0.5, 0.6) is 0 Å². The van der Waals surface area contributed by atoms with Crippen LogP contribution < -0.4 is 5.32 Å². The molecular formula is C17H22N4OS. The van der Waals surface area contributed by atoms with E-state index in [1.165, 1.54) is 30.2 Å². The minimum Gasteiger partial charge on any atom is -0.302 e. The van der Waals surface area contributed by atoms with Gasteiger partial charge in [0.15, 0.2) is 5.13 Å². The Morgan fingerprint density at radius 2 is 2.39 bits per heavy atom. The Kier molecular flexibility index (Phi) is 5.35. The standard InChI is InChI=1S/C17H22N4OS/c1-13(22)20-17-19-10-16(23-17)12-21-7-3-5-15(11-21)8-14-4-2-6-18-9-14/h2,4,6,9-10,15H,3,5,7-8,11-12H2,1H3,(H,19,20,22)/t15-/m0/s1. The molecule has 1 fully saturated rings. The monoisotopic (exact) mass is 330 g/mol. The van der Waals surface area contributed by atoms with E-state index in [1.54, 1.807) is 11.3 Å². The van der Waals surface area contributed by atoms with Crippen molar-refractivity contribution in [3.63, 3.8) is 0 Å². The van der Waals surface area contributed by atoms with Crippen molar-refractivity contribution in [3.05, 3.63) is 41.2 Å². The van der Waals surface area contributed by atoms with E-state index >= 15 is 0 Å². The molecule has 1 aliphatic rings. The molecule has 1 amide bonds. The molecule has 3 rings (SSSR count). The molecule has 1 aliphatic heterocycles. The summed E-state index contributed by atoms with van der Waals surface area (Å²) in [6.45, 7) is 4.68. The van der Waals surface area contributed by atoms with Gasteiger partial charge in [0.2, 0.25) is 5.91 Å². The van der Waals surface area contributed by atoms with E-state index in [0.29, 0.717) is 11.0 Å². The van der Waals surface area contributed by atoms with Crippen molar-refractivity contribution in [3.8, 4) is 0 Å². The topological polar surface area (TPSA) is 58.1 Å². The number of carbonyl (C=O) groups excluding carboxylic acids is 1. The van der Waals surface area contributed by atoms with Crippen molar-refractivity contribution in [2.24, 2.45) is 5.92 Å². The number of carbonyl (C=O) groups is 1. The fraction of sp³-hybridized carbons (Fsp3) is 0.471. The molecule has 0 aliphatic carbocycles. The molecule has 0 aromatic carbocycles. The van der Waals surface area contributed by atoms with E-state index in [9.17, 15) is 4.79 Å². The average molecular weight is 330 g/mol. The molecule has 0 unspecified atom stereocenters. The van der Waals surface area contributed by atoms with Crippen LogP contribution in [0, 0.1) is 5.92 Å². The van der Waals surface area contributed by atoms with E-state index < -0.39 is 0 Å². The molecule has 1 atom stereocenters. The Balaban J connectivity index is 1.54. The molecule has 0 radical (unpaired) electrons. The van der Waals surface area contributed by atoms with Crippen LogP contribution in [0.15, 0.2) is 30.7 Å². The Morgan fingerprint density at radius 3 is 3.17 bits per heavy atom. The lowest BCUT2D eigenvalue weighted by atomic mass is 9.92. The van der Waals surface area contributed by atoms with Crippen LogP contribution >= 0.6 is 11.3 Å². The number of thiazole rings is 1. The number of rotatable bonds is 5. The number of likely N-dealkylation sites (tertiary alicyclic amines) is 1. The number of pyridine rings is 1. The van der Waals surface area contributed by atoms with Gasteiger partial charge in [0.05, 0.1) is 0 Å². The van der Waals surface area contributed by atoms with Crippen LogP contribution in [0.25, 0.3) is 0 Å². The smallest absolute Gasteiger partial charge is 0.223 e. The van der Waals surface area contributed by atoms with E-state index in [1.807, 2.05) is 24.7 Å². The van der Waals surface area contributed by atoms with Crippen LogP contribution in [0.1, 0.15) is 30.2 Å². The Hall–Kier alpha value is -1.79. The van der Waals surface area contributed by atoms with Crippen molar-refractivity contribution in [2.75, 3.05) is 18.4 Å². The maximum atomic E-state index is 11.1. The van der Waals surface area contributed by atoms with E-state index in [2.05, 4.69) is 26.3 Å². The van der Waals surface area contributed by atoms with Gasteiger partial charge in [-0.3, -0.25) is 14.7 Å². The molecule has 0 saturated carbocycles. The van der Waals surface area contributed by atoms with Crippen molar-refractivity contribution in [1.82, 2.24) is 14.9 Å². The Bertz CT molecular complexity index is 643. The molecular weight excluding hydrogens is 308 g/mol. The highest BCUT2D eigenvalue weighted by Gasteiger charge is 2.21. The highest BCUT2D eigenvalue weighted by Crippen LogP contribution is 2.25. The predicted molar refractivity (Wildman–Crippen MR) is 92.4 cm³/mol. The van der Waals surface area contributed by atoms with Gasteiger partial charge in [-0.05, 0) is 43.4 Å². The van der Waals surface area contributed by atoms with Crippen LogP contribution in [-0.2, 0) is 17.8 Å². The summed E-state index contributed by atoms with van der Waals surface area (Å²) in [5.41, 5.74) is 1.32. The van der Waals surface area contributed by atoms with Gasteiger partial charge in [0.1, 0.15) is 0 Å². The van der Waals surface area contributed by atoms with Gasteiger partial charge in [-0.2, -0.15) is 0 Å². The van der Waals surface area contributed by atoms with Crippen molar-refractivity contribution in [1.29, 1.82) is 0 Å². The molecule has 2 aromatic rings. The first kappa shape index (κ1) is 16.1. The summed E-state index contributed by atoms with van der Waals surface area (Å²) < 4.78 is 0. The lowest BCUT2D eigenvalue weighted by molar-refractivity contribution is -0.114. The number of aromatic nitrogens is 2. The van der Waals surface area contributed by atoms with Gasteiger partial charge >= 0.3 is 0 Å². The van der Waals surface area contributed by atoms with Gasteiger partial charge in [-0.1, -0.05) is 6.07 Å². The summed E-state index contributed by atoms with van der Waals surface area (Å²) in [5.74, 6) is 0.621. The molecule has 3 heterocycles. The largest absolute Gasteiger partial charge is 0.302 e. The fourth-order valence-electron chi connectivity index (χ4n) is 3.12.